The molecule has 0 radical (unpaired) electrons. The van der Waals surface area contributed by atoms with Gasteiger partial charge in [0.2, 0.25) is 0 Å². The molecule has 1 saturated heterocycles. The lowest BCUT2D eigenvalue weighted by Crippen LogP contribution is -2.24. The van der Waals surface area contributed by atoms with Gasteiger partial charge in [0.15, 0.2) is 0 Å². The topological polar surface area (TPSA) is 34.0 Å². The van der Waals surface area contributed by atoms with Crippen molar-refractivity contribution in [3.05, 3.63) is 82.2 Å². The number of aromatic nitrogens is 3. The van der Waals surface area contributed by atoms with Gasteiger partial charge in [0, 0.05) is 30.5 Å². The highest BCUT2D eigenvalue weighted by atomic mass is 19.1. The first-order valence-electron chi connectivity index (χ1n) is 9.93. The first kappa shape index (κ1) is 18.8. The standard InChI is InChI=1S/C23H27FN4/c1-16-10-19(11-18-6-4-7-21(24)12-18)13-22(26-16)23-8-5-9-28(23)15-20-14-25-27(3)17(20)2/h4,6-7,10,12-14,23H,5,8-9,11,15H2,1-3H3/t23-/m1/s1. The van der Waals surface area contributed by atoms with Crippen molar-refractivity contribution in [1.29, 1.82) is 0 Å². The summed E-state index contributed by atoms with van der Waals surface area (Å²) in [7, 11) is 1.99. The molecule has 3 aromatic rings. The van der Waals surface area contributed by atoms with E-state index in [0.717, 1.165) is 42.9 Å². The number of hydrogen-bond acceptors (Lipinski definition) is 3. The summed E-state index contributed by atoms with van der Waals surface area (Å²) in [5.74, 6) is -0.183. The van der Waals surface area contributed by atoms with Crippen LogP contribution in [0.1, 0.15) is 52.7 Å². The van der Waals surface area contributed by atoms with E-state index in [4.69, 9.17) is 4.98 Å². The second-order valence-corrected chi connectivity index (χ2v) is 7.86. The number of nitrogens with zero attached hydrogens (tertiary/aromatic N) is 4. The van der Waals surface area contributed by atoms with Crippen molar-refractivity contribution in [3.63, 3.8) is 0 Å². The van der Waals surface area contributed by atoms with Crippen molar-refractivity contribution in [3.8, 4) is 0 Å². The average molecular weight is 378 g/mol. The SMILES string of the molecule is Cc1cc(Cc2cccc(F)c2)cc([C@H]2CCCN2Cc2cnn(C)c2C)n1. The molecule has 0 amide bonds. The highest BCUT2D eigenvalue weighted by molar-refractivity contribution is 5.30. The molecule has 28 heavy (non-hydrogen) atoms. The Hall–Kier alpha value is -2.53. The summed E-state index contributed by atoms with van der Waals surface area (Å²) in [5, 5.41) is 4.38. The van der Waals surface area contributed by atoms with Gasteiger partial charge >= 0.3 is 0 Å². The van der Waals surface area contributed by atoms with Crippen molar-refractivity contribution in [2.45, 2.75) is 45.7 Å². The van der Waals surface area contributed by atoms with Crippen molar-refractivity contribution in [2.24, 2.45) is 7.05 Å². The molecule has 0 spiro atoms. The van der Waals surface area contributed by atoms with E-state index in [1.165, 1.54) is 29.3 Å². The van der Waals surface area contributed by atoms with E-state index in [0.29, 0.717) is 6.04 Å². The van der Waals surface area contributed by atoms with Crippen molar-refractivity contribution < 1.29 is 4.39 Å². The number of pyridine rings is 1. The summed E-state index contributed by atoms with van der Waals surface area (Å²) in [6.07, 6.45) is 5.00. The first-order valence-corrected chi connectivity index (χ1v) is 9.93. The quantitative estimate of drug-likeness (QED) is 0.656. The number of benzene rings is 1. The fourth-order valence-electron chi connectivity index (χ4n) is 4.19. The molecule has 2 aromatic heterocycles. The van der Waals surface area contributed by atoms with Gasteiger partial charge in [-0.1, -0.05) is 12.1 Å². The maximum atomic E-state index is 13.5. The molecule has 1 aliphatic heterocycles. The summed E-state index contributed by atoms with van der Waals surface area (Å²) < 4.78 is 15.5. The lowest BCUT2D eigenvalue weighted by Gasteiger charge is -2.24. The summed E-state index contributed by atoms with van der Waals surface area (Å²) in [4.78, 5) is 7.37. The van der Waals surface area contributed by atoms with Crippen molar-refractivity contribution in [1.82, 2.24) is 19.7 Å². The van der Waals surface area contributed by atoms with E-state index in [9.17, 15) is 4.39 Å². The Balaban J connectivity index is 1.57. The van der Waals surface area contributed by atoms with E-state index in [1.807, 2.05) is 30.9 Å². The molecule has 1 fully saturated rings. The van der Waals surface area contributed by atoms with Crippen LogP contribution >= 0.6 is 0 Å². The fourth-order valence-corrected chi connectivity index (χ4v) is 4.19. The summed E-state index contributed by atoms with van der Waals surface area (Å²) in [6, 6.07) is 11.5. The van der Waals surface area contributed by atoms with Crippen LogP contribution in [0.2, 0.25) is 0 Å². The Morgan fingerprint density at radius 2 is 2.00 bits per heavy atom. The minimum atomic E-state index is -0.183. The number of hydrogen-bond donors (Lipinski definition) is 0. The molecule has 0 unspecified atom stereocenters. The zero-order valence-electron chi connectivity index (χ0n) is 16.8. The van der Waals surface area contributed by atoms with Gasteiger partial charge in [-0.3, -0.25) is 14.6 Å². The van der Waals surface area contributed by atoms with Gasteiger partial charge in [-0.2, -0.15) is 5.10 Å². The van der Waals surface area contributed by atoms with E-state index in [-0.39, 0.29) is 5.82 Å². The fraction of sp³-hybridized carbons (Fsp3) is 0.391. The predicted molar refractivity (Wildman–Crippen MR) is 109 cm³/mol. The molecule has 1 aliphatic rings. The molecule has 3 heterocycles. The number of aryl methyl sites for hydroxylation is 2. The Labute approximate surface area is 166 Å². The van der Waals surface area contributed by atoms with E-state index in [1.54, 1.807) is 12.1 Å². The zero-order valence-corrected chi connectivity index (χ0v) is 16.8. The molecule has 1 aromatic carbocycles. The third-order valence-corrected chi connectivity index (χ3v) is 5.75. The predicted octanol–water partition coefficient (Wildman–Crippen LogP) is 4.50. The van der Waals surface area contributed by atoms with Crippen LogP contribution in [-0.4, -0.2) is 26.2 Å². The summed E-state index contributed by atoms with van der Waals surface area (Å²) >= 11 is 0. The molecular formula is C23H27FN4. The normalized spacial score (nSPS) is 17.4. The smallest absolute Gasteiger partial charge is 0.123 e. The maximum absolute atomic E-state index is 13.5. The molecule has 1 atom stereocenters. The second-order valence-electron chi connectivity index (χ2n) is 7.86. The molecule has 0 saturated carbocycles. The Morgan fingerprint density at radius 3 is 2.75 bits per heavy atom. The minimum Gasteiger partial charge on any atom is -0.290 e. The molecule has 4 rings (SSSR count). The molecular weight excluding hydrogens is 351 g/mol. The lowest BCUT2D eigenvalue weighted by molar-refractivity contribution is 0.243. The molecule has 4 nitrogen and oxygen atoms in total. The largest absolute Gasteiger partial charge is 0.290 e. The van der Waals surface area contributed by atoms with Crippen LogP contribution < -0.4 is 0 Å². The lowest BCUT2D eigenvalue weighted by atomic mass is 10.0. The van der Waals surface area contributed by atoms with Gasteiger partial charge in [0.25, 0.3) is 0 Å². The number of rotatable bonds is 5. The van der Waals surface area contributed by atoms with Crippen LogP contribution in [0.5, 0.6) is 0 Å². The van der Waals surface area contributed by atoms with Crippen LogP contribution in [0.4, 0.5) is 4.39 Å². The second kappa shape index (κ2) is 7.84. The average Bonchev–Trinajstić information content (AvgIpc) is 3.23. The van der Waals surface area contributed by atoms with Crippen LogP contribution in [0.15, 0.2) is 42.6 Å². The van der Waals surface area contributed by atoms with Gasteiger partial charge in [0.05, 0.1) is 17.9 Å². The van der Waals surface area contributed by atoms with Crippen molar-refractivity contribution in [2.75, 3.05) is 6.54 Å². The van der Waals surface area contributed by atoms with Crippen molar-refractivity contribution >= 4 is 0 Å². The van der Waals surface area contributed by atoms with Gasteiger partial charge in [0.1, 0.15) is 5.82 Å². The van der Waals surface area contributed by atoms with Crippen LogP contribution in [0.25, 0.3) is 0 Å². The molecule has 5 heteroatoms. The van der Waals surface area contributed by atoms with E-state index in [2.05, 4.69) is 29.1 Å². The summed E-state index contributed by atoms with van der Waals surface area (Å²) in [5.41, 5.74) is 6.83. The zero-order chi connectivity index (χ0) is 19.7. The van der Waals surface area contributed by atoms with Gasteiger partial charge < -0.3 is 0 Å². The van der Waals surface area contributed by atoms with E-state index >= 15 is 0 Å². The van der Waals surface area contributed by atoms with Gasteiger partial charge in [-0.15, -0.1) is 0 Å². The first-order chi connectivity index (χ1) is 13.5. The highest BCUT2D eigenvalue weighted by Gasteiger charge is 2.28. The summed E-state index contributed by atoms with van der Waals surface area (Å²) in [6.45, 7) is 6.14. The Kier molecular flexibility index (Phi) is 5.27. The van der Waals surface area contributed by atoms with Gasteiger partial charge in [-0.05, 0) is 75.0 Å². The highest BCUT2D eigenvalue weighted by Crippen LogP contribution is 2.33. The Morgan fingerprint density at radius 1 is 1.14 bits per heavy atom. The molecule has 146 valence electrons. The van der Waals surface area contributed by atoms with Gasteiger partial charge in [-0.25, -0.2) is 4.39 Å². The minimum absolute atomic E-state index is 0.183. The van der Waals surface area contributed by atoms with Crippen LogP contribution in [-0.2, 0) is 20.0 Å². The third kappa shape index (κ3) is 3.99. The number of halogens is 1. The molecule has 0 bridgehead atoms. The third-order valence-electron chi connectivity index (χ3n) is 5.75. The number of likely N-dealkylation sites (tertiary alicyclic amines) is 1. The monoisotopic (exact) mass is 378 g/mol. The van der Waals surface area contributed by atoms with Crippen LogP contribution in [0.3, 0.4) is 0 Å². The maximum Gasteiger partial charge on any atom is 0.123 e. The van der Waals surface area contributed by atoms with Crippen LogP contribution in [0, 0.1) is 19.7 Å². The Bertz CT molecular complexity index is 978. The van der Waals surface area contributed by atoms with E-state index < -0.39 is 0 Å². The molecule has 0 N–H and O–H groups in total. The molecule has 0 aliphatic carbocycles.